The maximum atomic E-state index is 13.6. The summed E-state index contributed by atoms with van der Waals surface area (Å²) >= 11 is 0. The number of guanidine groups is 1. The monoisotopic (exact) mass is 477 g/mol. The lowest BCUT2D eigenvalue weighted by atomic mass is 10.1. The van der Waals surface area contributed by atoms with Crippen molar-refractivity contribution in [2.75, 3.05) is 20.1 Å². The molecule has 0 unspecified atom stereocenters. The Hall–Kier alpha value is -1.71. The molecule has 144 valence electrons. The van der Waals surface area contributed by atoms with E-state index in [0.717, 1.165) is 43.9 Å². The van der Waals surface area contributed by atoms with E-state index >= 15 is 0 Å². The predicted molar refractivity (Wildman–Crippen MR) is 111 cm³/mol. The Morgan fingerprint density at radius 2 is 1.96 bits per heavy atom. The molecule has 0 bridgehead atoms. The molecule has 2 N–H and O–H groups in total. The van der Waals surface area contributed by atoms with Crippen LogP contribution in [-0.2, 0) is 13.0 Å². The van der Waals surface area contributed by atoms with E-state index in [1.165, 1.54) is 6.07 Å². The summed E-state index contributed by atoms with van der Waals surface area (Å²) in [5.74, 6) is 0.874. The van der Waals surface area contributed by atoms with Crippen molar-refractivity contribution in [1.82, 2.24) is 20.2 Å². The van der Waals surface area contributed by atoms with Gasteiger partial charge in [-0.25, -0.2) is 13.8 Å². The van der Waals surface area contributed by atoms with Crippen molar-refractivity contribution in [1.29, 1.82) is 0 Å². The van der Waals surface area contributed by atoms with E-state index in [4.69, 9.17) is 0 Å². The third-order valence-corrected chi connectivity index (χ3v) is 3.96. The zero-order chi connectivity index (χ0) is 18.1. The number of nitrogens with one attached hydrogen (secondary N) is 2. The van der Waals surface area contributed by atoms with Gasteiger partial charge < -0.3 is 15.2 Å². The van der Waals surface area contributed by atoms with E-state index in [1.807, 2.05) is 13.1 Å². The molecule has 0 fully saturated rings. The maximum Gasteiger partial charge on any atom is 0.190 e. The van der Waals surface area contributed by atoms with Crippen molar-refractivity contribution in [2.45, 2.75) is 32.7 Å². The highest BCUT2D eigenvalue weighted by atomic mass is 127. The Bertz CT molecular complexity index is 703. The molecule has 5 nitrogen and oxygen atoms in total. The minimum absolute atomic E-state index is 0. The third kappa shape index (κ3) is 7.27. The topological polar surface area (TPSA) is 54.2 Å². The molecule has 1 aromatic heterocycles. The van der Waals surface area contributed by atoms with E-state index in [-0.39, 0.29) is 29.8 Å². The van der Waals surface area contributed by atoms with E-state index in [2.05, 4.69) is 25.2 Å². The summed E-state index contributed by atoms with van der Waals surface area (Å²) in [7, 11) is 1.69. The average molecular weight is 477 g/mol. The minimum Gasteiger partial charge on any atom is -0.356 e. The van der Waals surface area contributed by atoms with Crippen molar-refractivity contribution >= 4 is 29.9 Å². The van der Waals surface area contributed by atoms with E-state index in [1.54, 1.807) is 13.2 Å². The lowest BCUT2D eigenvalue weighted by Crippen LogP contribution is -2.38. The highest BCUT2D eigenvalue weighted by Crippen LogP contribution is 2.09. The molecule has 0 saturated heterocycles. The first-order valence-corrected chi connectivity index (χ1v) is 8.46. The van der Waals surface area contributed by atoms with Gasteiger partial charge in [-0.2, -0.15) is 0 Å². The Labute approximate surface area is 170 Å². The van der Waals surface area contributed by atoms with Gasteiger partial charge in [-0.05, 0) is 49.9 Å². The fourth-order valence-electron chi connectivity index (χ4n) is 2.53. The Morgan fingerprint density at radius 3 is 2.65 bits per heavy atom. The summed E-state index contributed by atoms with van der Waals surface area (Å²) < 4.78 is 28.8. The summed E-state index contributed by atoms with van der Waals surface area (Å²) in [4.78, 5) is 8.33. The van der Waals surface area contributed by atoms with Crippen molar-refractivity contribution in [3.05, 3.63) is 53.6 Å². The number of aromatic nitrogens is 2. The lowest BCUT2D eigenvalue weighted by Gasteiger charge is -2.12. The Balaban J connectivity index is 0.00000338. The van der Waals surface area contributed by atoms with Gasteiger partial charge in [-0.15, -0.1) is 24.0 Å². The van der Waals surface area contributed by atoms with Gasteiger partial charge in [0.15, 0.2) is 5.96 Å². The van der Waals surface area contributed by atoms with Gasteiger partial charge in [0.2, 0.25) is 0 Å². The molecule has 0 aliphatic heterocycles. The number of rotatable bonds is 8. The predicted octanol–water partition coefficient (Wildman–Crippen LogP) is 3.28. The van der Waals surface area contributed by atoms with Crippen molar-refractivity contribution in [3.63, 3.8) is 0 Å². The summed E-state index contributed by atoms with van der Waals surface area (Å²) in [5, 5.41) is 6.34. The Kier molecular flexibility index (Phi) is 10.2. The van der Waals surface area contributed by atoms with Crippen LogP contribution in [0.4, 0.5) is 8.78 Å². The minimum atomic E-state index is -0.424. The fourth-order valence-corrected chi connectivity index (χ4v) is 2.53. The van der Waals surface area contributed by atoms with Crippen LogP contribution in [0, 0.1) is 18.6 Å². The van der Waals surface area contributed by atoms with Crippen LogP contribution in [0.15, 0.2) is 35.6 Å². The molecule has 1 heterocycles. The molecule has 26 heavy (non-hydrogen) atoms. The first-order valence-electron chi connectivity index (χ1n) is 8.46. The average Bonchev–Trinajstić information content (AvgIpc) is 3.01. The van der Waals surface area contributed by atoms with Crippen LogP contribution >= 0.6 is 24.0 Å². The Morgan fingerprint density at radius 1 is 1.19 bits per heavy atom. The zero-order valence-electron chi connectivity index (χ0n) is 15.1. The summed E-state index contributed by atoms with van der Waals surface area (Å²) in [5.41, 5.74) is 0.360. The number of hydrogen-bond acceptors (Lipinski definition) is 2. The fraction of sp³-hybridized carbons (Fsp3) is 0.444. The maximum absolute atomic E-state index is 13.6. The number of aryl methyl sites for hydroxylation is 2. The highest BCUT2D eigenvalue weighted by Gasteiger charge is 2.04. The molecule has 0 spiro atoms. The van der Waals surface area contributed by atoms with E-state index in [0.29, 0.717) is 24.5 Å². The van der Waals surface area contributed by atoms with Crippen molar-refractivity contribution in [2.24, 2.45) is 4.99 Å². The van der Waals surface area contributed by atoms with Crippen molar-refractivity contribution < 1.29 is 8.78 Å². The molecule has 0 aliphatic rings. The molecule has 0 radical (unpaired) electrons. The summed E-state index contributed by atoms with van der Waals surface area (Å²) in [6.07, 6.45) is 6.21. The molecule has 0 amide bonds. The van der Waals surface area contributed by atoms with Crippen LogP contribution in [-0.4, -0.2) is 35.6 Å². The van der Waals surface area contributed by atoms with Crippen LogP contribution in [0.25, 0.3) is 0 Å². The van der Waals surface area contributed by atoms with Crippen molar-refractivity contribution in [3.8, 4) is 0 Å². The van der Waals surface area contributed by atoms with Crippen LogP contribution in [0.5, 0.6) is 0 Å². The second kappa shape index (κ2) is 11.8. The second-order valence-corrected chi connectivity index (χ2v) is 5.79. The second-order valence-electron chi connectivity index (χ2n) is 5.79. The number of hydrogen-bond donors (Lipinski definition) is 2. The quantitative estimate of drug-likeness (QED) is 0.266. The number of halogens is 3. The van der Waals surface area contributed by atoms with Crippen LogP contribution in [0.3, 0.4) is 0 Å². The number of unbranched alkanes of at least 4 members (excludes halogenated alkanes) is 1. The largest absolute Gasteiger partial charge is 0.356 e. The highest BCUT2D eigenvalue weighted by molar-refractivity contribution is 14.0. The van der Waals surface area contributed by atoms with Gasteiger partial charge in [0.05, 0.1) is 0 Å². The third-order valence-electron chi connectivity index (χ3n) is 3.96. The van der Waals surface area contributed by atoms with E-state index in [9.17, 15) is 8.78 Å². The zero-order valence-corrected chi connectivity index (χ0v) is 17.5. The molecule has 2 aromatic rings. The first-order chi connectivity index (χ1) is 12.1. The number of nitrogens with zero attached hydrogens (tertiary/aromatic N) is 3. The van der Waals surface area contributed by atoms with Crippen LogP contribution < -0.4 is 10.6 Å². The van der Waals surface area contributed by atoms with Gasteiger partial charge >= 0.3 is 0 Å². The van der Waals surface area contributed by atoms with Gasteiger partial charge in [0.25, 0.3) is 0 Å². The number of aliphatic imine (C=N–C) groups is 1. The van der Waals surface area contributed by atoms with Gasteiger partial charge in [-0.3, -0.25) is 4.99 Å². The smallest absolute Gasteiger partial charge is 0.190 e. The molecule has 2 rings (SSSR count). The summed E-state index contributed by atoms with van der Waals surface area (Å²) in [6.45, 7) is 4.21. The number of imidazole rings is 1. The van der Waals surface area contributed by atoms with Gasteiger partial charge in [0.1, 0.15) is 17.5 Å². The molecule has 1 aromatic carbocycles. The van der Waals surface area contributed by atoms with Crippen LogP contribution in [0.1, 0.15) is 24.2 Å². The summed E-state index contributed by atoms with van der Waals surface area (Å²) in [6, 6.07) is 3.50. The molecular formula is C18H26F2IN5. The lowest BCUT2D eigenvalue weighted by molar-refractivity contribution is 0.580. The van der Waals surface area contributed by atoms with Crippen LogP contribution in [0.2, 0.25) is 0 Å². The van der Waals surface area contributed by atoms with E-state index < -0.39 is 5.82 Å². The molecular weight excluding hydrogens is 451 g/mol. The first kappa shape index (κ1) is 22.3. The standard InChI is InChI=1S/C18H25F2N5.HI/c1-14-22-10-12-25(14)11-4-3-8-23-18(21-2)24-9-7-15-13-16(19)5-6-17(15)20;/h5-6,10,12-13H,3-4,7-9,11H2,1-2H3,(H2,21,23,24);1H. The molecule has 8 heteroatoms. The SMILES string of the molecule is CN=C(NCCCCn1ccnc1C)NCCc1cc(F)ccc1F.I. The molecule has 0 saturated carbocycles. The number of benzene rings is 1. The normalized spacial score (nSPS) is 11.2. The van der Waals surface area contributed by atoms with Gasteiger partial charge in [0, 0.05) is 39.1 Å². The molecule has 0 atom stereocenters. The van der Waals surface area contributed by atoms with Gasteiger partial charge in [-0.1, -0.05) is 0 Å². The molecule has 0 aliphatic carbocycles.